The van der Waals surface area contributed by atoms with E-state index >= 15 is 0 Å². The summed E-state index contributed by atoms with van der Waals surface area (Å²) in [6.45, 7) is 0. The summed E-state index contributed by atoms with van der Waals surface area (Å²) in [7, 11) is 0. The maximum Gasteiger partial charge on any atom is 0.226 e. The van der Waals surface area contributed by atoms with Crippen LogP contribution < -0.4 is 5.32 Å². The zero-order valence-electron chi connectivity index (χ0n) is 11.3. The molecule has 4 nitrogen and oxygen atoms in total. The van der Waals surface area contributed by atoms with E-state index in [0.717, 1.165) is 17.2 Å². The van der Waals surface area contributed by atoms with Crippen LogP contribution in [0.25, 0.3) is 5.70 Å². The molecule has 2 heterocycles. The van der Waals surface area contributed by atoms with Gasteiger partial charge in [0.05, 0.1) is 0 Å². The predicted octanol–water partition coefficient (Wildman–Crippen LogP) is 3.33. The second-order valence-electron chi connectivity index (χ2n) is 4.96. The third kappa shape index (κ3) is 2.10. The standard InChI is InChI=1S/C17H14N4/c1-3-7-13(8-4-1)15-11-16(14-9-5-2-6-10-14)21-17(20-15)18-12-19-21/h1-12,16H,(H,18,19,20)/t16-/m0/s1. The van der Waals surface area contributed by atoms with Crippen LogP contribution in [-0.4, -0.2) is 14.8 Å². The third-order valence-electron chi connectivity index (χ3n) is 3.63. The molecule has 0 saturated heterocycles. The molecule has 1 aliphatic rings. The van der Waals surface area contributed by atoms with E-state index in [1.165, 1.54) is 5.56 Å². The van der Waals surface area contributed by atoms with E-state index in [0.29, 0.717) is 0 Å². The number of nitrogens with one attached hydrogen (secondary N) is 1. The summed E-state index contributed by atoms with van der Waals surface area (Å²) in [6.07, 6.45) is 3.77. The topological polar surface area (TPSA) is 42.7 Å². The van der Waals surface area contributed by atoms with Gasteiger partial charge < -0.3 is 5.32 Å². The molecular weight excluding hydrogens is 260 g/mol. The molecule has 2 aromatic carbocycles. The van der Waals surface area contributed by atoms with Gasteiger partial charge in [0, 0.05) is 5.70 Å². The lowest BCUT2D eigenvalue weighted by molar-refractivity contribution is 0.612. The highest BCUT2D eigenvalue weighted by atomic mass is 15.4. The lowest BCUT2D eigenvalue weighted by atomic mass is 10.0. The minimum atomic E-state index is 0.0557. The van der Waals surface area contributed by atoms with Gasteiger partial charge in [-0.1, -0.05) is 60.7 Å². The van der Waals surface area contributed by atoms with Crippen LogP contribution in [-0.2, 0) is 0 Å². The van der Waals surface area contributed by atoms with E-state index in [1.54, 1.807) is 6.33 Å². The smallest absolute Gasteiger partial charge is 0.226 e. The van der Waals surface area contributed by atoms with Crippen molar-refractivity contribution in [1.82, 2.24) is 14.8 Å². The van der Waals surface area contributed by atoms with Crippen molar-refractivity contribution >= 4 is 11.6 Å². The van der Waals surface area contributed by atoms with E-state index in [-0.39, 0.29) is 6.04 Å². The van der Waals surface area contributed by atoms with Gasteiger partial charge in [0.1, 0.15) is 12.4 Å². The maximum absolute atomic E-state index is 4.34. The number of aromatic nitrogens is 3. The molecule has 0 radical (unpaired) electrons. The summed E-state index contributed by atoms with van der Waals surface area (Å²) >= 11 is 0. The van der Waals surface area contributed by atoms with Gasteiger partial charge in [-0.05, 0) is 17.2 Å². The zero-order valence-corrected chi connectivity index (χ0v) is 11.3. The number of fused-ring (bicyclic) bond motifs is 1. The molecule has 1 N–H and O–H groups in total. The molecule has 4 rings (SSSR count). The molecule has 0 bridgehead atoms. The predicted molar refractivity (Wildman–Crippen MR) is 82.6 cm³/mol. The second-order valence-corrected chi connectivity index (χ2v) is 4.96. The van der Waals surface area contributed by atoms with E-state index < -0.39 is 0 Å². The molecule has 0 fully saturated rings. The summed E-state index contributed by atoms with van der Waals surface area (Å²) in [4.78, 5) is 4.31. The number of hydrogen-bond donors (Lipinski definition) is 1. The average Bonchev–Trinajstić information content (AvgIpc) is 3.04. The molecule has 0 saturated carbocycles. The summed E-state index contributed by atoms with van der Waals surface area (Å²) in [6, 6.07) is 20.7. The first-order valence-corrected chi connectivity index (χ1v) is 6.90. The Labute approximate surface area is 122 Å². The minimum Gasteiger partial charge on any atom is -0.324 e. The Hall–Kier alpha value is -2.88. The average molecular weight is 274 g/mol. The van der Waals surface area contributed by atoms with Gasteiger partial charge in [-0.3, -0.25) is 0 Å². The van der Waals surface area contributed by atoms with Gasteiger partial charge in [0.2, 0.25) is 5.95 Å². The summed E-state index contributed by atoms with van der Waals surface area (Å²) in [5.74, 6) is 0.769. The largest absolute Gasteiger partial charge is 0.324 e. The van der Waals surface area contributed by atoms with Crippen LogP contribution in [0.5, 0.6) is 0 Å². The lowest BCUT2D eigenvalue weighted by Gasteiger charge is -2.24. The van der Waals surface area contributed by atoms with Crippen LogP contribution in [0.2, 0.25) is 0 Å². The Kier molecular flexibility index (Phi) is 2.78. The van der Waals surface area contributed by atoms with E-state index in [4.69, 9.17) is 0 Å². The molecular formula is C17H14N4. The second kappa shape index (κ2) is 4.90. The third-order valence-corrected chi connectivity index (χ3v) is 3.63. The summed E-state index contributed by atoms with van der Waals surface area (Å²) < 4.78 is 1.90. The van der Waals surface area contributed by atoms with Gasteiger partial charge in [-0.15, -0.1) is 0 Å². The molecule has 0 aliphatic carbocycles. The number of benzene rings is 2. The van der Waals surface area contributed by atoms with Crippen molar-refractivity contribution in [2.24, 2.45) is 0 Å². The number of anilines is 1. The monoisotopic (exact) mass is 274 g/mol. The van der Waals surface area contributed by atoms with Crippen LogP contribution in [0, 0.1) is 0 Å². The number of nitrogens with zero attached hydrogens (tertiary/aromatic N) is 3. The molecule has 102 valence electrons. The van der Waals surface area contributed by atoms with Crippen LogP contribution in [0.3, 0.4) is 0 Å². The number of rotatable bonds is 2. The van der Waals surface area contributed by atoms with Gasteiger partial charge >= 0.3 is 0 Å². The SMILES string of the molecule is C1=C(c2ccccc2)Nc2ncnn2[C@@H]1c1ccccc1. The lowest BCUT2D eigenvalue weighted by Crippen LogP contribution is -2.20. The van der Waals surface area contributed by atoms with Gasteiger partial charge in [0.15, 0.2) is 0 Å². The normalized spacial score (nSPS) is 16.8. The van der Waals surface area contributed by atoms with Crippen LogP contribution in [0.4, 0.5) is 5.95 Å². The van der Waals surface area contributed by atoms with E-state index in [9.17, 15) is 0 Å². The van der Waals surface area contributed by atoms with Crippen LogP contribution in [0.1, 0.15) is 17.2 Å². The Morgan fingerprint density at radius 1 is 0.905 bits per heavy atom. The van der Waals surface area contributed by atoms with Crippen LogP contribution in [0.15, 0.2) is 73.1 Å². The minimum absolute atomic E-state index is 0.0557. The first-order chi connectivity index (χ1) is 10.4. The summed E-state index contributed by atoms with van der Waals surface area (Å²) in [5, 5.41) is 7.68. The fraction of sp³-hybridized carbons (Fsp3) is 0.0588. The highest BCUT2D eigenvalue weighted by Gasteiger charge is 2.22. The summed E-state index contributed by atoms with van der Waals surface area (Å²) in [5.41, 5.74) is 3.40. The van der Waals surface area contributed by atoms with Crippen molar-refractivity contribution in [3.8, 4) is 0 Å². The molecule has 1 aliphatic heterocycles. The maximum atomic E-state index is 4.34. The fourth-order valence-electron chi connectivity index (χ4n) is 2.61. The van der Waals surface area contributed by atoms with E-state index in [2.05, 4.69) is 45.7 Å². The molecule has 3 aromatic rings. The fourth-order valence-corrected chi connectivity index (χ4v) is 2.61. The van der Waals surface area contributed by atoms with Crippen molar-refractivity contribution in [2.75, 3.05) is 5.32 Å². The molecule has 0 amide bonds. The molecule has 0 spiro atoms. The zero-order chi connectivity index (χ0) is 14.1. The van der Waals surface area contributed by atoms with Crippen LogP contribution >= 0.6 is 0 Å². The molecule has 1 aromatic heterocycles. The Morgan fingerprint density at radius 2 is 1.62 bits per heavy atom. The van der Waals surface area contributed by atoms with E-state index in [1.807, 2.05) is 41.1 Å². The Balaban J connectivity index is 1.83. The highest BCUT2D eigenvalue weighted by Crippen LogP contribution is 2.31. The Morgan fingerprint density at radius 3 is 2.38 bits per heavy atom. The quantitative estimate of drug-likeness (QED) is 0.779. The Bertz CT molecular complexity index is 775. The molecule has 21 heavy (non-hydrogen) atoms. The first-order valence-electron chi connectivity index (χ1n) is 6.90. The van der Waals surface area contributed by atoms with Crippen molar-refractivity contribution < 1.29 is 0 Å². The first kappa shape index (κ1) is 11.9. The van der Waals surface area contributed by atoms with Crippen molar-refractivity contribution in [2.45, 2.75) is 6.04 Å². The van der Waals surface area contributed by atoms with Crippen molar-refractivity contribution in [1.29, 1.82) is 0 Å². The molecule has 4 heteroatoms. The van der Waals surface area contributed by atoms with Crippen molar-refractivity contribution in [3.05, 3.63) is 84.2 Å². The van der Waals surface area contributed by atoms with Gasteiger partial charge in [-0.2, -0.15) is 10.1 Å². The molecule has 0 unspecified atom stereocenters. The molecule has 1 atom stereocenters. The van der Waals surface area contributed by atoms with Crippen molar-refractivity contribution in [3.63, 3.8) is 0 Å². The van der Waals surface area contributed by atoms with Gasteiger partial charge in [0.25, 0.3) is 0 Å². The number of hydrogen-bond acceptors (Lipinski definition) is 3. The number of allylic oxidation sites excluding steroid dienone is 1. The van der Waals surface area contributed by atoms with Gasteiger partial charge in [-0.25, -0.2) is 4.68 Å². The highest BCUT2D eigenvalue weighted by molar-refractivity contribution is 5.76.